The van der Waals surface area contributed by atoms with Crippen LogP contribution in [0.1, 0.15) is 5.56 Å². The second kappa shape index (κ2) is 6.72. The minimum absolute atomic E-state index is 0.302. The van der Waals surface area contributed by atoms with E-state index in [0.717, 1.165) is 0 Å². The maximum atomic E-state index is 12.2. The Morgan fingerprint density at radius 3 is 2.86 bits per heavy atom. The molecule has 0 radical (unpaired) electrons. The first kappa shape index (κ1) is 16.2. The fourth-order valence-electron chi connectivity index (χ4n) is 2.15. The van der Waals surface area contributed by atoms with E-state index in [-0.39, 0.29) is 6.54 Å². The molecule has 116 valence electrons. The molecule has 2 N–H and O–H groups in total. The van der Waals surface area contributed by atoms with Crippen LogP contribution in [-0.4, -0.2) is 42.9 Å². The molecule has 1 aliphatic rings. The molecule has 1 heterocycles. The van der Waals surface area contributed by atoms with Gasteiger partial charge in [0.1, 0.15) is 12.1 Å². The summed E-state index contributed by atoms with van der Waals surface area (Å²) in [6.45, 7) is -0.302. The van der Waals surface area contributed by atoms with E-state index in [0.29, 0.717) is 10.6 Å². The highest BCUT2D eigenvalue weighted by atomic mass is 35.5. The van der Waals surface area contributed by atoms with Gasteiger partial charge in [-0.05, 0) is 18.2 Å². The Morgan fingerprint density at radius 2 is 2.18 bits per heavy atom. The number of ether oxygens (including phenoxy) is 1. The van der Waals surface area contributed by atoms with Crippen molar-refractivity contribution < 1.29 is 19.4 Å². The number of carbonyl (C=O) groups is 2. The molecule has 0 saturated heterocycles. The molecule has 1 amide bonds. The van der Waals surface area contributed by atoms with Crippen molar-refractivity contribution in [2.75, 3.05) is 13.7 Å². The van der Waals surface area contributed by atoms with E-state index in [1.54, 1.807) is 24.3 Å². The number of halogens is 1. The second-order valence-electron chi connectivity index (χ2n) is 4.66. The first-order chi connectivity index (χ1) is 10.5. The third-order valence-corrected chi connectivity index (χ3v) is 3.61. The number of aliphatic hydroxyl groups is 1. The van der Waals surface area contributed by atoms with Gasteiger partial charge >= 0.3 is 5.97 Å². The number of nitrogens with one attached hydrogen (secondary N) is 1. The third kappa shape index (κ3) is 3.18. The molecule has 7 heteroatoms. The van der Waals surface area contributed by atoms with Crippen molar-refractivity contribution in [3.63, 3.8) is 0 Å². The lowest BCUT2D eigenvalue weighted by Crippen LogP contribution is -2.49. The van der Waals surface area contributed by atoms with Crippen LogP contribution in [0.4, 0.5) is 0 Å². The molecule has 1 aromatic carbocycles. The molecule has 0 spiro atoms. The average Bonchev–Trinajstić information content (AvgIpc) is 2.53. The van der Waals surface area contributed by atoms with E-state index in [1.807, 2.05) is 0 Å². The molecule has 0 bridgehead atoms. The molecule has 0 fully saturated rings. The number of hydrogen-bond acceptors (Lipinski definition) is 5. The summed E-state index contributed by atoms with van der Waals surface area (Å²) in [7, 11) is 1.22. The molecule has 2 atom stereocenters. The number of nitrogens with zero attached hydrogens (tertiary/aromatic N) is 1. The van der Waals surface area contributed by atoms with Crippen molar-refractivity contribution in [2.45, 2.75) is 11.6 Å². The maximum Gasteiger partial charge on any atom is 0.325 e. The van der Waals surface area contributed by atoms with Gasteiger partial charge in [-0.3, -0.25) is 14.6 Å². The van der Waals surface area contributed by atoms with Crippen LogP contribution < -0.4 is 5.32 Å². The minimum atomic E-state index is -1.69. The summed E-state index contributed by atoms with van der Waals surface area (Å²) in [4.78, 5) is 27.4. The zero-order valence-corrected chi connectivity index (χ0v) is 12.6. The number of hydrogen-bond donors (Lipinski definition) is 2. The van der Waals surface area contributed by atoms with Crippen molar-refractivity contribution in [1.82, 2.24) is 5.32 Å². The van der Waals surface area contributed by atoms with Crippen LogP contribution in [0, 0.1) is 0 Å². The summed E-state index contributed by atoms with van der Waals surface area (Å²) in [5.41, 5.74) is -1.32. The zero-order chi connectivity index (χ0) is 16.2. The molecule has 2 rings (SSSR count). The number of dihydropyridines is 1. The Hall–Kier alpha value is -2.18. The number of allylic oxidation sites excluding steroid dienone is 1. The van der Waals surface area contributed by atoms with Gasteiger partial charge in [-0.15, -0.1) is 0 Å². The lowest BCUT2D eigenvalue weighted by molar-refractivity contribution is -0.142. The van der Waals surface area contributed by atoms with Gasteiger partial charge in [-0.25, -0.2) is 0 Å². The number of aliphatic imine (C=N–C) groups is 1. The van der Waals surface area contributed by atoms with Crippen LogP contribution >= 0.6 is 11.6 Å². The zero-order valence-electron chi connectivity index (χ0n) is 11.8. The maximum absolute atomic E-state index is 12.2. The Labute approximate surface area is 132 Å². The predicted molar refractivity (Wildman–Crippen MR) is 81.8 cm³/mol. The fraction of sp³-hybridized carbons (Fsp3) is 0.267. The lowest BCUT2D eigenvalue weighted by atomic mass is 9.84. The highest BCUT2D eigenvalue weighted by molar-refractivity contribution is 6.31. The van der Waals surface area contributed by atoms with E-state index in [2.05, 4.69) is 15.0 Å². The Balaban J connectivity index is 2.27. The van der Waals surface area contributed by atoms with Crippen molar-refractivity contribution in [2.24, 2.45) is 4.99 Å². The molecular weight excluding hydrogens is 308 g/mol. The Bertz CT molecular complexity index is 644. The number of rotatable bonds is 4. The van der Waals surface area contributed by atoms with Crippen molar-refractivity contribution in [1.29, 1.82) is 0 Å². The normalized spacial score (nSPS) is 23.1. The van der Waals surface area contributed by atoms with Gasteiger partial charge in [0.25, 0.3) is 0 Å². The van der Waals surface area contributed by atoms with Gasteiger partial charge in [0, 0.05) is 16.8 Å². The largest absolute Gasteiger partial charge is 0.468 e. The van der Waals surface area contributed by atoms with Crippen molar-refractivity contribution >= 4 is 29.7 Å². The highest BCUT2D eigenvalue weighted by Gasteiger charge is 2.43. The average molecular weight is 323 g/mol. The van der Waals surface area contributed by atoms with E-state index < -0.39 is 23.5 Å². The number of esters is 1. The smallest absolute Gasteiger partial charge is 0.325 e. The summed E-state index contributed by atoms with van der Waals surface area (Å²) in [5, 5.41) is 13.6. The van der Waals surface area contributed by atoms with Gasteiger partial charge in [0.15, 0.2) is 6.04 Å². The number of amides is 1. The lowest BCUT2D eigenvalue weighted by Gasteiger charge is -2.32. The van der Waals surface area contributed by atoms with E-state index in [4.69, 9.17) is 11.6 Å². The number of benzene rings is 1. The van der Waals surface area contributed by atoms with Crippen molar-refractivity contribution in [3.8, 4) is 0 Å². The van der Waals surface area contributed by atoms with Gasteiger partial charge in [0.05, 0.1) is 7.11 Å². The molecular formula is C15H15ClN2O4. The van der Waals surface area contributed by atoms with E-state index >= 15 is 0 Å². The van der Waals surface area contributed by atoms with Crippen LogP contribution in [0.2, 0.25) is 5.02 Å². The molecule has 0 aliphatic carbocycles. The quantitative estimate of drug-likeness (QED) is 0.804. The monoisotopic (exact) mass is 322 g/mol. The summed E-state index contributed by atoms with van der Waals surface area (Å²) < 4.78 is 4.45. The Morgan fingerprint density at radius 1 is 1.45 bits per heavy atom. The second-order valence-corrected chi connectivity index (χ2v) is 5.07. The third-order valence-electron chi connectivity index (χ3n) is 3.28. The van der Waals surface area contributed by atoms with Crippen LogP contribution in [0.15, 0.2) is 41.4 Å². The van der Waals surface area contributed by atoms with Crippen LogP contribution in [0.25, 0.3) is 0 Å². The molecule has 22 heavy (non-hydrogen) atoms. The molecule has 1 aliphatic heterocycles. The van der Waals surface area contributed by atoms with Crippen LogP contribution in [0.5, 0.6) is 0 Å². The minimum Gasteiger partial charge on any atom is -0.468 e. The topological polar surface area (TPSA) is 88.0 Å². The SMILES string of the molecule is COC(=O)CNC(=O)C1N=CC=CC1(O)c1ccccc1Cl. The molecule has 0 saturated carbocycles. The van der Waals surface area contributed by atoms with Gasteiger partial charge in [-0.1, -0.05) is 29.8 Å². The first-order valence-corrected chi connectivity index (χ1v) is 6.89. The van der Waals surface area contributed by atoms with E-state index in [9.17, 15) is 14.7 Å². The molecule has 2 unspecified atom stereocenters. The standard InChI is InChI=1S/C15H15ClN2O4/c1-22-12(19)9-18-14(20)13-15(21,7-4-8-17-13)10-5-2-3-6-11(10)16/h2-8,13,21H,9H2,1H3,(H,18,20). The fourth-order valence-corrected chi connectivity index (χ4v) is 2.44. The summed E-state index contributed by atoms with van der Waals surface area (Å²) >= 11 is 6.12. The Kier molecular flexibility index (Phi) is 4.95. The number of methoxy groups -OCH3 is 1. The van der Waals surface area contributed by atoms with E-state index in [1.165, 1.54) is 25.5 Å². The summed E-state index contributed by atoms with van der Waals surface area (Å²) in [6, 6.07) is 5.51. The highest BCUT2D eigenvalue weighted by Crippen LogP contribution is 2.35. The van der Waals surface area contributed by atoms with Gasteiger partial charge < -0.3 is 15.2 Å². The van der Waals surface area contributed by atoms with Gasteiger partial charge in [0.2, 0.25) is 5.91 Å². The van der Waals surface area contributed by atoms with Crippen LogP contribution in [0.3, 0.4) is 0 Å². The molecule has 6 nitrogen and oxygen atoms in total. The summed E-state index contributed by atoms with van der Waals surface area (Å²) in [5.74, 6) is -1.20. The van der Waals surface area contributed by atoms with Crippen LogP contribution in [-0.2, 0) is 19.9 Å². The number of carbonyl (C=O) groups excluding carboxylic acids is 2. The first-order valence-electron chi connectivity index (χ1n) is 6.52. The van der Waals surface area contributed by atoms with Gasteiger partial charge in [-0.2, -0.15) is 0 Å². The summed E-state index contributed by atoms with van der Waals surface area (Å²) in [6.07, 6.45) is 4.39. The van der Waals surface area contributed by atoms with Crippen molar-refractivity contribution in [3.05, 3.63) is 47.0 Å². The predicted octanol–water partition coefficient (Wildman–Crippen LogP) is 0.826. The molecule has 1 aromatic rings. The molecule has 0 aromatic heterocycles.